The smallest absolute Gasteiger partial charge is 0.427 e. The summed E-state index contributed by atoms with van der Waals surface area (Å²) in [4.78, 5) is 0. The Labute approximate surface area is 72.5 Å². The lowest BCUT2D eigenvalue weighted by atomic mass is 9.59. The van der Waals surface area contributed by atoms with Crippen LogP contribution in [-0.2, 0) is 0 Å². The predicted molar refractivity (Wildman–Crippen MR) is 46.2 cm³/mol. The zero-order valence-corrected chi connectivity index (χ0v) is 7.03. The quantitative estimate of drug-likeness (QED) is 0.385. The third-order valence-corrected chi connectivity index (χ3v) is 3.13. The minimum atomic E-state index is -1.14. The van der Waals surface area contributed by atoms with Crippen molar-refractivity contribution in [3.63, 3.8) is 0 Å². The van der Waals surface area contributed by atoms with Gasteiger partial charge in [0.05, 0.1) is 0 Å². The van der Waals surface area contributed by atoms with Crippen molar-refractivity contribution in [1.29, 1.82) is 0 Å². The molecule has 0 spiro atoms. The van der Waals surface area contributed by atoms with Gasteiger partial charge in [0.15, 0.2) is 0 Å². The third-order valence-electron chi connectivity index (χ3n) is 3.13. The first-order valence-corrected chi connectivity index (χ1v) is 4.63. The summed E-state index contributed by atoms with van der Waals surface area (Å²) in [5, 5.41) is 18.2. The number of rotatable bonds is 1. The SMILES string of the molecule is OB(O)C1CCCC2NNCC21. The molecule has 3 atom stereocenters. The fourth-order valence-corrected chi connectivity index (χ4v) is 2.45. The van der Waals surface area contributed by atoms with E-state index in [1.165, 1.54) is 0 Å². The van der Waals surface area contributed by atoms with Crippen molar-refractivity contribution in [2.45, 2.75) is 31.1 Å². The van der Waals surface area contributed by atoms with Crippen LogP contribution in [0.1, 0.15) is 19.3 Å². The molecule has 3 unspecified atom stereocenters. The highest BCUT2D eigenvalue weighted by molar-refractivity contribution is 6.43. The maximum Gasteiger partial charge on any atom is 0.455 e. The standard InChI is InChI=1S/C7H15BN2O2/c11-8(12)6-2-1-3-7-5(6)4-9-10-7/h5-7,9-12H,1-4H2. The van der Waals surface area contributed by atoms with E-state index < -0.39 is 7.12 Å². The molecule has 1 saturated heterocycles. The lowest BCUT2D eigenvalue weighted by molar-refractivity contribution is 0.278. The molecule has 4 nitrogen and oxygen atoms in total. The minimum absolute atomic E-state index is 0.0613. The number of hydrazine groups is 1. The van der Waals surface area contributed by atoms with Crippen molar-refractivity contribution in [2.24, 2.45) is 5.92 Å². The highest BCUT2D eigenvalue weighted by atomic mass is 16.4. The normalized spacial score (nSPS) is 41.0. The Bertz CT molecular complexity index is 167. The van der Waals surface area contributed by atoms with Gasteiger partial charge >= 0.3 is 7.12 Å². The summed E-state index contributed by atoms with van der Waals surface area (Å²) in [5.74, 6) is 0.463. The molecule has 2 fully saturated rings. The second-order valence-corrected chi connectivity index (χ2v) is 3.80. The molecule has 0 amide bonds. The molecular formula is C7H15BN2O2. The Kier molecular flexibility index (Phi) is 2.36. The molecule has 0 aromatic heterocycles. The molecule has 0 aromatic carbocycles. The molecule has 2 rings (SSSR count). The molecule has 2 aliphatic rings. The van der Waals surface area contributed by atoms with E-state index in [0.29, 0.717) is 12.0 Å². The van der Waals surface area contributed by atoms with Gasteiger partial charge in [-0.05, 0) is 18.2 Å². The van der Waals surface area contributed by atoms with Crippen LogP contribution in [0.3, 0.4) is 0 Å². The summed E-state index contributed by atoms with van der Waals surface area (Å²) in [6, 6.07) is 0.450. The Balaban J connectivity index is 2.03. The fourth-order valence-electron chi connectivity index (χ4n) is 2.45. The molecule has 12 heavy (non-hydrogen) atoms. The van der Waals surface area contributed by atoms with Gasteiger partial charge in [0, 0.05) is 12.6 Å². The molecule has 4 N–H and O–H groups in total. The van der Waals surface area contributed by atoms with E-state index in [1.54, 1.807) is 0 Å². The largest absolute Gasteiger partial charge is 0.455 e. The summed E-state index contributed by atoms with van der Waals surface area (Å²) in [5.41, 5.74) is 6.25. The van der Waals surface area contributed by atoms with E-state index in [4.69, 9.17) is 10.0 Å². The lowest BCUT2D eigenvalue weighted by Gasteiger charge is -2.31. The van der Waals surface area contributed by atoms with Crippen molar-refractivity contribution >= 4 is 7.12 Å². The van der Waals surface area contributed by atoms with Gasteiger partial charge in [-0.3, -0.25) is 10.9 Å². The first kappa shape index (κ1) is 8.50. The molecule has 68 valence electrons. The number of fused-ring (bicyclic) bond motifs is 1. The van der Waals surface area contributed by atoms with Crippen LogP contribution in [0.5, 0.6) is 0 Å². The maximum absolute atomic E-state index is 9.12. The van der Waals surface area contributed by atoms with Gasteiger partial charge in [0.2, 0.25) is 0 Å². The van der Waals surface area contributed by atoms with Gasteiger partial charge in [0.25, 0.3) is 0 Å². The second-order valence-electron chi connectivity index (χ2n) is 3.80. The Morgan fingerprint density at radius 3 is 2.83 bits per heavy atom. The Morgan fingerprint density at radius 1 is 1.25 bits per heavy atom. The van der Waals surface area contributed by atoms with E-state index in [-0.39, 0.29) is 5.82 Å². The zero-order valence-electron chi connectivity index (χ0n) is 7.03. The first-order valence-electron chi connectivity index (χ1n) is 4.63. The molecule has 5 heteroatoms. The van der Waals surface area contributed by atoms with Crippen molar-refractivity contribution in [3.05, 3.63) is 0 Å². The van der Waals surface area contributed by atoms with Crippen LogP contribution in [0.25, 0.3) is 0 Å². The molecular weight excluding hydrogens is 155 g/mol. The number of hydrogen-bond acceptors (Lipinski definition) is 4. The van der Waals surface area contributed by atoms with Crippen molar-refractivity contribution in [2.75, 3.05) is 6.54 Å². The molecule has 0 radical (unpaired) electrons. The summed E-state index contributed by atoms with van der Waals surface area (Å²) in [7, 11) is -1.14. The van der Waals surface area contributed by atoms with Gasteiger partial charge in [-0.15, -0.1) is 0 Å². The number of hydrogen-bond donors (Lipinski definition) is 4. The van der Waals surface area contributed by atoms with Crippen LogP contribution < -0.4 is 10.9 Å². The molecule has 1 heterocycles. The molecule has 1 aliphatic heterocycles. The summed E-state index contributed by atoms with van der Waals surface area (Å²) in [6.45, 7) is 0.868. The van der Waals surface area contributed by atoms with Gasteiger partial charge in [-0.25, -0.2) is 0 Å². The predicted octanol–water partition coefficient (Wildman–Crippen LogP) is -0.894. The van der Waals surface area contributed by atoms with Crippen molar-refractivity contribution < 1.29 is 10.0 Å². The van der Waals surface area contributed by atoms with E-state index in [2.05, 4.69) is 10.9 Å². The highest BCUT2D eigenvalue weighted by Gasteiger charge is 2.41. The molecule has 1 saturated carbocycles. The van der Waals surface area contributed by atoms with Crippen LogP contribution >= 0.6 is 0 Å². The minimum Gasteiger partial charge on any atom is -0.427 e. The van der Waals surface area contributed by atoms with Crippen LogP contribution in [0.15, 0.2) is 0 Å². The van der Waals surface area contributed by atoms with Crippen LogP contribution in [0.2, 0.25) is 5.82 Å². The molecule has 0 bridgehead atoms. The zero-order chi connectivity index (χ0) is 8.55. The molecule has 1 aliphatic carbocycles. The Hall–Kier alpha value is -0.0951. The van der Waals surface area contributed by atoms with E-state index in [0.717, 1.165) is 25.8 Å². The second kappa shape index (κ2) is 3.34. The van der Waals surface area contributed by atoms with Crippen molar-refractivity contribution in [3.8, 4) is 0 Å². The maximum atomic E-state index is 9.12. The van der Waals surface area contributed by atoms with Crippen molar-refractivity contribution in [1.82, 2.24) is 10.9 Å². The van der Waals surface area contributed by atoms with Gasteiger partial charge < -0.3 is 10.0 Å². The summed E-state index contributed by atoms with van der Waals surface area (Å²) >= 11 is 0. The monoisotopic (exact) mass is 170 g/mol. The Morgan fingerprint density at radius 2 is 2.08 bits per heavy atom. The summed E-state index contributed by atoms with van der Waals surface area (Å²) < 4.78 is 0. The first-order chi connectivity index (χ1) is 5.79. The van der Waals surface area contributed by atoms with E-state index in [9.17, 15) is 0 Å². The topological polar surface area (TPSA) is 64.5 Å². The lowest BCUT2D eigenvalue weighted by Crippen LogP contribution is -2.39. The summed E-state index contributed by atoms with van der Waals surface area (Å²) in [6.07, 6.45) is 3.20. The third kappa shape index (κ3) is 1.37. The van der Waals surface area contributed by atoms with Crippen LogP contribution in [-0.4, -0.2) is 29.8 Å². The van der Waals surface area contributed by atoms with E-state index in [1.807, 2.05) is 0 Å². The van der Waals surface area contributed by atoms with Gasteiger partial charge in [0.1, 0.15) is 0 Å². The van der Waals surface area contributed by atoms with Gasteiger partial charge in [-0.1, -0.05) is 12.8 Å². The molecule has 0 aromatic rings. The van der Waals surface area contributed by atoms with Gasteiger partial charge in [-0.2, -0.15) is 0 Å². The average Bonchev–Trinajstić information content (AvgIpc) is 2.49. The van der Waals surface area contributed by atoms with E-state index >= 15 is 0 Å². The highest BCUT2D eigenvalue weighted by Crippen LogP contribution is 2.36. The average molecular weight is 170 g/mol. The fraction of sp³-hybridized carbons (Fsp3) is 1.00. The van der Waals surface area contributed by atoms with Crippen LogP contribution in [0.4, 0.5) is 0 Å². The van der Waals surface area contributed by atoms with Crippen LogP contribution in [0, 0.1) is 5.92 Å². The number of nitrogens with one attached hydrogen (secondary N) is 2.